The number of hydrogen-bond donors (Lipinski definition) is 2. The van der Waals surface area contributed by atoms with E-state index >= 15 is 0 Å². The molecule has 92 valence electrons. The van der Waals surface area contributed by atoms with Crippen molar-refractivity contribution in [1.82, 2.24) is 0 Å². The topological polar surface area (TPSA) is 57.5 Å². The number of hydrogen-bond acceptors (Lipinski definition) is 2. The van der Waals surface area contributed by atoms with Gasteiger partial charge in [0.05, 0.1) is 5.02 Å². The molecule has 0 heterocycles. The predicted octanol–water partition coefficient (Wildman–Crippen LogP) is 3.13. The number of aliphatic hydroxyl groups is 1. The van der Waals surface area contributed by atoms with Crippen LogP contribution in [0.5, 0.6) is 0 Å². The van der Waals surface area contributed by atoms with Crippen LogP contribution in [0.1, 0.15) is 11.7 Å². The Hall–Kier alpha value is -1.84. The van der Waals surface area contributed by atoms with Crippen molar-refractivity contribution in [2.45, 2.75) is 6.10 Å². The Morgan fingerprint density at radius 3 is 2.33 bits per heavy atom. The van der Waals surface area contributed by atoms with Gasteiger partial charge in [-0.25, -0.2) is 4.79 Å². The number of aliphatic hydroxyl groups excluding tert-OH is 1. The van der Waals surface area contributed by atoms with E-state index in [9.17, 15) is 9.90 Å². The maximum absolute atomic E-state index is 10.8. The Morgan fingerprint density at radius 1 is 1.06 bits per heavy atom. The lowest BCUT2D eigenvalue weighted by molar-refractivity contribution is -0.146. The zero-order valence-corrected chi connectivity index (χ0v) is 10.1. The minimum absolute atomic E-state index is 0.200. The Morgan fingerprint density at radius 2 is 1.72 bits per heavy atom. The second-order valence-corrected chi connectivity index (χ2v) is 4.19. The van der Waals surface area contributed by atoms with Gasteiger partial charge in [0.15, 0.2) is 6.10 Å². The van der Waals surface area contributed by atoms with Crippen LogP contribution in [0.3, 0.4) is 0 Å². The van der Waals surface area contributed by atoms with Crippen LogP contribution < -0.4 is 0 Å². The van der Waals surface area contributed by atoms with E-state index in [0.717, 1.165) is 5.56 Å². The van der Waals surface area contributed by atoms with Crippen molar-refractivity contribution in [2.75, 3.05) is 0 Å². The molecule has 2 aromatic carbocycles. The van der Waals surface area contributed by atoms with Gasteiger partial charge >= 0.3 is 5.97 Å². The molecular formula is C14H11ClO3. The summed E-state index contributed by atoms with van der Waals surface area (Å²) in [4.78, 5) is 10.8. The van der Waals surface area contributed by atoms with Gasteiger partial charge in [0.25, 0.3) is 0 Å². The molecule has 1 atom stereocenters. The third-order valence-electron chi connectivity index (χ3n) is 2.64. The van der Waals surface area contributed by atoms with E-state index in [2.05, 4.69) is 0 Å². The van der Waals surface area contributed by atoms with Gasteiger partial charge in [-0.15, -0.1) is 0 Å². The van der Waals surface area contributed by atoms with E-state index in [-0.39, 0.29) is 10.6 Å². The minimum atomic E-state index is -1.61. The first kappa shape index (κ1) is 12.6. The second-order valence-electron chi connectivity index (χ2n) is 3.82. The van der Waals surface area contributed by atoms with Crippen LogP contribution in [0.25, 0.3) is 11.1 Å². The molecule has 0 radical (unpaired) electrons. The zero-order chi connectivity index (χ0) is 13.1. The number of benzene rings is 2. The molecule has 0 aliphatic rings. The Labute approximate surface area is 109 Å². The van der Waals surface area contributed by atoms with Crippen molar-refractivity contribution in [3.63, 3.8) is 0 Å². The normalized spacial score (nSPS) is 12.1. The third kappa shape index (κ3) is 2.37. The van der Waals surface area contributed by atoms with Crippen molar-refractivity contribution in [1.29, 1.82) is 0 Å². The summed E-state index contributed by atoms with van der Waals surface area (Å²) in [5, 5.41) is 18.6. The summed E-state index contributed by atoms with van der Waals surface area (Å²) in [6, 6.07) is 14.3. The van der Waals surface area contributed by atoms with Crippen molar-refractivity contribution < 1.29 is 15.0 Å². The molecule has 2 rings (SSSR count). The fourth-order valence-corrected chi connectivity index (χ4v) is 2.07. The summed E-state index contributed by atoms with van der Waals surface area (Å²) in [7, 11) is 0. The number of carboxylic acid groups (broad SMARTS) is 1. The standard InChI is InChI=1S/C14H11ClO3/c15-12-10(9-5-2-1-3-6-9)7-4-8-11(12)13(16)14(17)18/h1-8,13,16H,(H,17,18). The van der Waals surface area contributed by atoms with Gasteiger partial charge in [0.1, 0.15) is 0 Å². The smallest absolute Gasteiger partial charge is 0.337 e. The Bertz CT molecular complexity index is 567. The van der Waals surface area contributed by atoms with E-state index in [0.29, 0.717) is 5.56 Å². The summed E-state index contributed by atoms with van der Waals surface area (Å²) < 4.78 is 0. The molecule has 0 aromatic heterocycles. The molecule has 2 N–H and O–H groups in total. The van der Waals surface area contributed by atoms with E-state index in [1.165, 1.54) is 6.07 Å². The fraction of sp³-hybridized carbons (Fsp3) is 0.0714. The molecule has 0 spiro atoms. The van der Waals surface area contributed by atoms with Gasteiger partial charge in [-0.2, -0.15) is 0 Å². The monoisotopic (exact) mass is 262 g/mol. The van der Waals surface area contributed by atoms with Crippen molar-refractivity contribution in [3.8, 4) is 11.1 Å². The second kappa shape index (κ2) is 5.21. The maximum atomic E-state index is 10.8. The van der Waals surface area contributed by atoms with Crippen molar-refractivity contribution in [2.24, 2.45) is 0 Å². The largest absolute Gasteiger partial charge is 0.479 e. The minimum Gasteiger partial charge on any atom is -0.479 e. The van der Waals surface area contributed by atoms with Gasteiger partial charge in [-0.05, 0) is 5.56 Å². The number of carbonyl (C=O) groups is 1. The van der Waals surface area contributed by atoms with Crippen LogP contribution in [-0.2, 0) is 4.79 Å². The fourth-order valence-electron chi connectivity index (χ4n) is 1.73. The predicted molar refractivity (Wildman–Crippen MR) is 69.5 cm³/mol. The lowest BCUT2D eigenvalue weighted by Gasteiger charge is -2.12. The molecule has 0 fully saturated rings. The molecule has 0 bridgehead atoms. The first-order valence-electron chi connectivity index (χ1n) is 5.36. The third-order valence-corrected chi connectivity index (χ3v) is 3.06. The number of carboxylic acids is 1. The van der Waals surface area contributed by atoms with Crippen LogP contribution in [0.4, 0.5) is 0 Å². The van der Waals surface area contributed by atoms with Crippen molar-refractivity contribution >= 4 is 17.6 Å². The van der Waals surface area contributed by atoms with Gasteiger partial charge in [-0.3, -0.25) is 0 Å². The highest BCUT2D eigenvalue weighted by molar-refractivity contribution is 6.34. The molecular weight excluding hydrogens is 252 g/mol. The van der Waals surface area contributed by atoms with Gasteiger partial charge in [0, 0.05) is 11.1 Å². The van der Waals surface area contributed by atoms with Crippen LogP contribution >= 0.6 is 11.6 Å². The average molecular weight is 263 g/mol. The summed E-state index contributed by atoms with van der Waals surface area (Å²) in [6.45, 7) is 0. The summed E-state index contributed by atoms with van der Waals surface area (Å²) in [6.07, 6.45) is -1.61. The number of aliphatic carboxylic acids is 1. The molecule has 0 saturated carbocycles. The van der Waals surface area contributed by atoms with E-state index in [4.69, 9.17) is 16.7 Å². The van der Waals surface area contributed by atoms with Gasteiger partial charge in [0.2, 0.25) is 0 Å². The lowest BCUT2D eigenvalue weighted by atomic mass is 10.0. The maximum Gasteiger partial charge on any atom is 0.337 e. The van der Waals surface area contributed by atoms with Crippen LogP contribution in [-0.4, -0.2) is 16.2 Å². The lowest BCUT2D eigenvalue weighted by Crippen LogP contribution is -2.11. The first-order valence-corrected chi connectivity index (χ1v) is 5.73. The molecule has 0 amide bonds. The van der Waals surface area contributed by atoms with Crippen LogP contribution in [0, 0.1) is 0 Å². The molecule has 1 unspecified atom stereocenters. The highest BCUT2D eigenvalue weighted by Crippen LogP contribution is 2.33. The molecule has 3 nitrogen and oxygen atoms in total. The summed E-state index contributed by atoms with van der Waals surface area (Å²) in [5.74, 6) is -1.32. The van der Waals surface area contributed by atoms with E-state index < -0.39 is 12.1 Å². The molecule has 0 saturated heterocycles. The Balaban J connectivity index is 2.52. The van der Waals surface area contributed by atoms with E-state index in [1.54, 1.807) is 12.1 Å². The molecule has 0 aliphatic carbocycles. The number of halogens is 1. The van der Waals surface area contributed by atoms with Crippen LogP contribution in [0.15, 0.2) is 48.5 Å². The quantitative estimate of drug-likeness (QED) is 0.893. The SMILES string of the molecule is O=C(O)C(O)c1cccc(-c2ccccc2)c1Cl. The van der Waals surface area contributed by atoms with Gasteiger partial charge in [-0.1, -0.05) is 60.1 Å². The molecule has 0 aliphatic heterocycles. The highest BCUT2D eigenvalue weighted by atomic mass is 35.5. The molecule has 2 aromatic rings. The summed E-state index contributed by atoms with van der Waals surface area (Å²) >= 11 is 6.16. The number of rotatable bonds is 3. The van der Waals surface area contributed by atoms with E-state index in [1.807, 2.05) is 30.3 Å². The molecule has 4 heteroatoms. The van der Waals surface area contributed by atoms with Gasteiger partial charge < -0.3 is 10.2 Å². The zero-order valence-electron chi connectivity index (χ0n) is 9.38. The average Bonchev–Trinajstić information content (AvgIpc) is 2.39. The summed E-state index contributed by atoms with van der Waals surface area (Å²) in [5.41, 5.74) is 1.78. The highest BCUT2D eigenvalue weighted by Gasteiger charge is 2.20. The first-order chi connectivity index (χ1) is 8.61. The van der Waals surface area contributed by atoms with Crippen LogP contribution in [0.2, 0.25) is 5.02 Å². The van der Waals surface area contributed by atoms with Crippen molar-refractivity contribution in [3.05, 3.63) is 59.1 Å². The molecule has 18 heavy (non-hydrogen) atoms. The Kier molecular flexibility index (Phi) is 3.65.